The summed E-state index contributed by atoms with van der Waals surface area (Å²) in [6.07, 6.45) is 0. The van der Waals surface area contributed by atoms with Gasteiger partial charge in [-0.2, -0.15) is 5.26 Å². The topological polar surface area (TPSA) is 75.0 Å². The monoisotopic (exact) mass is 543 g/mol. The second kappa shape index (κ2) is 11.2. The molecular weight excluding hydrogens is 522 g/mol. The number of hydrogen-bond acceptors (Lipinski definition) is 5. The number of rotatable bonds is 7. The van der Waals surface area contributed by atoms with Crippen molar-refractivity contribution in [2.75, 3.05) is 18.2 Å². The minimum absolute atomic E-state index is 0.112. The lowest BCUT2D eigenvalue weighted by atomic mass is 9.98. The zero-order valence-corrected chi connectivity index (χ0v) is 21.6. The number of methoxy groups -OCH3 is 1. The van der Waals surface area contributed by atoms with Gasteiger partial charge in [-0.05, 0) is 43.3 Å². The highest BCUT2D eigenvalue weighted by molar-refractivity contribution is 9.10. The third-order valence-electron chi connectivity index (χ3n) is 5.31. The molecule has 0 aliphatic heterocycles. The number of nitrogens with one attached hydrogen (secondary N) is 1. The van der Waals surface area contributed by atoms with Crippen LogP contribution in [0, 0.1) is 18.3 Å². The van der Waals surface area contributed by atoms with E-state index < -0.39 is 0 Å². The summed E-state index contributed by atoms with van der Waals surface area (Å²) in [5.41, 5.74) is 5.42. The molecule has 0 fully saturated rings. The van der Waals surface area contributed by atoms with Gasteiger partial charge in [-0.1, -0.05) is 75.7 Å². The van der Waals surface area contributed by atoms with Crippen molar-refractivity contribution < 1.29 is 9.53 Å². The molecule has 4 rings (SSSR count). The fourth-order valence-corrected chi connectivity index (χ4v) is 4.62. The summed E-state index contributed by atoms with van der Waals surface area (Å²) in [5, 5.41) is 13.5. The molecule has 0 saturated heterocycles. The van der Waals surface area contributed by atoms with Crippen LogP contribution in [-0.2, 0) is 4.79 Å². The Balaban J connectivity index is 1.72. The number of nitrogens with zero attached hydrogens (tertiary/aromatic N) is 2. The highest BCUT2D eigenvalue weighted by atomic mass is 79.9. The number of aromatic nitrogens is 1. The van der Waals surface area contributed by atoms with E-state index in [0.717, 1.165) is 26.9 Å². The number of pyridine rings is 1. The first-order valence-corrected chi connectivity index (χ1v) is 12.6. The molecule has 1 aromatic heterocycles. The number of carbonyl (C=O) groups excluding carboxylic acids is 1. The number of thioether (sulfide) groups is 1. The van der Waals surface area contributed by atoms with Gasteiger partial charge in [-0.3, -0.25) is 4.79 Å². The maximum absolute atomic E-state index is 12.6. The lowest BCUT2D eigenvalue weighted by Gasteiger charge is -2.15. The number of hydrogen-bond donors (Lipinski definition) is 1. The van der Waals surface area contributed by atoms with Gasteiger partial charge in [0.25, 0.3) is 0 Å². The average molecular weight is 544 g/mol. The molecule has 3 aromatic carbocycles. The maximum Gasteiger partial charge on any atom is 0.234 e. The number of benzene rings is 3. The van der Waals surface area contributed by atoms with E-state index in [1.807, 2.05) is 85.8 Å². The molecule has 0 spiro atoms. The molecule has 1 N–H and O–H groups in total. The lowest BCUT2D eigenvalue weighted by molar-refractivity contribution is -0.113. The number of ether oxygens (including phenoxy) is 1. The number of anilines is 1. The second-order valence-corrected chi connectivity index (χ2v) is 9.64. The van der Waals surface area contributed by atoms with E-state index >= 15 is 0 Å². The van der Waals surface area contributed by atoms with Gasteiger partial charge >= 0.3 is 0 Å². The second-order valence-electron chi connectivity index (χ2n) is 7.76. The first-order chi connectivity index (χ1) is 17.0. The summed E-state index contributed by atoms with van der Waals surface area (Å²) in [5.74, 6) is 0.595. The van der Waals surface area contributed by atoms with E-state index in [1.165, 1.54) is 11.8 Å². The Bertz CT molecular complexity index is 1400. The van der Waals surface area contributed by atoms with Gasteiger partial charge in [0, 0.05) is 26.9 Å². The van der Waals surface area contributed by atoms with E-state index in [9.17, 15) is 10.1 Å². The number of aryl methyl sites for hydroxylation is 1. The SMILES string of the molecule is COc1ccccc1-c1cc(-c2ccc(C)cc2)nc(SCC(=O)Nc2ccc(Br)cc2)c1C#N. The molecule has 0 aliphatic rings. The Labute approximate surface area is 217 Å². The van der Waals surface area contributed by atoms with Crippen LogP contribution in [0.5, 0.6) is 5.75 Å². The standard InChI is InChI=1S/C28H22BrN3O2S/c1-18-7-9-19(10-8-18)25-15-23(22-5-3-4-6-26(22)34-2)24(16-30)28(32-25)35-17-27(33)31-21-13-11-20(29)12-14-21/h3-15H,17H2,1-2H3,(H,31,33). The zero-order valence-electron chi connectivity index (χ0n) is 19.2. The molecule has 1 heterocycles. The van der Waals surface area contributed by atoms with Crippen molar-refractivity contribution in [1.29, 1.82) is 5.26 Å². The summed E-state index contributed by atoms with van der Waals surface area (Å²) in [6, 6.07) is 27.2. The molecule has 0 atom stereocenters. The highest BCUT2D eigenvalue weighted by Crippen LogP contribution is 2.38. The Morgan fingerprint density at radius 1 is 1.06 bits per heavy atom. The summed E-state index contributed by atoms with van der Waals surface area (Å²) in [7, 11) is 1.61. The minimum atomic E-state index is -0.178. The Morgan fingerprint density at radius 2 is 1.77 bits per heavy atom. The fourth-order valence-electron chi connectivity index (χ4n) is 3.55. The molecule has 35 heavy (non-hydrogen) atoms. The Morgan fingerprint density at radius 3 is 2.46 bits per heavy atom. The molecule has 0 aliphatic carbocycles. The normalized spacial score (nSPS) is 10.5. The molecular formula is C28H22BrN3O2S. The number of carbonyl (C=O) groups is 1. The van der Waals surface area contributed by atoms with Crippen molar-refractivity contribution in [3.8, 4) is 34.2 Å². The number of para-hydroxylation sites is 1. The largest absolute Gasteiger partial charge is 0.496 e. The third-order valence-corrected chi connectivity index (χ3v) is 6.81. The van der Waals surface area contributed by atoms with Gasteiger partial charge in [0.05, 0.1) is 24.1 Å². The van der Waals surface area contributed by atoms with Crippen LogP contribution >= 0.6 is 27.7 Å². The molecule has 0 bridgehead atoms. The minimum Gasteiger partial charge on any atom is -0.496 e. The van der Waals surface area contributed by atoms with E-state index in [1.54, 1.807) is 7.11 Å². The fraction of sp³-hybridized carbons (Fsp3) is 0.107. The summed E-state index contributed by atoms with van der Waals surface area (Å²) >= 11 is 4.63. The Kier molecular flexibility index (Phi) is 7.86. The molecule has 5 nitrogen and oxygen atoms in total. The zero-order chi connectivity index (χ0) is 24.8. The van der Waals surface area contributed by atoms with Crippen LogP contribution in [0.4, 0.5) is 5.69 Å². The third kappa shape index (κ3) is 5.91. The molecule has 0 radical (unpaired) electrons. The van der Waals surface area contributed by atoms with E-state index in [2.05, 4.69) is 27.3 Å². The van der Waals surface area contributed by atoms with Crippen molar-refractivity contribution in [1.82, 2.24) is 4.98 Å². The van der Waals surface area contributed by atoms with Gasteiger partial charge < -0.3 is 10.1 Å². The summed E-state index contributed by atoms with van der Waals surface area (Å²) < 4.78 is 6.50. The van der Waals surface area contributed by atoms with E-state index in [-0.39, 0.29) is 11.7 Å². The Hall–Kier alpha value is -3.60. The van der Waals surface area contributed by atoms with Gasteiger partial charge in [-0.15, -0.1) is 0 Å². The van der Waals surface area contributed by atoms with Crippen molar-refractivity contribution in [2.24, 2.45) is 0 Å². The molecule has 4 aromatic rings. The average Bonchev–Trinajstić information content (AvgIpc) is 2.88. The van der Waals surface area contributed by atoms with Crippen LogP contribution in [0.2, 0.25) is 0 Å². The van der Waals surface area contributed by atoms with E-state index in [0.29, 0.717) is 27.6 Å². The lowest BCUT2D eigenvalue weighted by Crippen LogP contribution is -2.14. The maximum atomic E-state index is 12.6. The van der Waals surface area contributed by atoms with Crippen molar-refractivity contribution in [2.45, 2.75) is 11.9 Å². The molecule has 174 valence electrons. The predicted molar refractivity (Wildman–Crippen MR) is 145 cm³/mol. The van der Waals surface area contributed by atoms with E-state index in [4.69, 9.17) is 9.72 Å². The van der Waals surface area contributed by atoms with Gasteiger partial charge in [0.1, 0.15) is 16.8 Å². The van der Waals surface area contributed by atoms with Gasteiger partial charge in [0.2, 0.25) is 5.91 Å². The van der Waals surface area contributed by atoms with Crippen molar-refractivity contribution in [3.63, 3.8) is 0 Å². The molecule has 1 amide bonds. The number of halogens is 1. The highest BCUT2D eigenvalue weighted by Gasteiger charge is 2.19. The molecule has 0 unspecified atom stereocenters. The van der Waals surface area contributed by atoms with Crippen molar-refractivity contribution in [3.05, 3.63) is 94.5 Å². The number of amides is 1. The van der Waals surface area contributed by atoms with Crippen LogP contribution < -0.4 is 10.1 Å². The number of nitriles is 1. The quantitative estimate of drug-likeness (QED) is 0.251. The molecule has 0 saturated carbocycles. The van der Waals surface area contributed by atoms with Crippen LogP contribution in [0.3, 0.4) is 0 Å². The van der Waals surface area contributed by atoms with Crippen LogP contribution in [-0.4, -0.2) is 23.8 Å². The predicted octanol–water partition coefficient (Wildman–Crippen LogP) is 7.10. The van der Waals surface area contributed by atoms with Crippen molar-refractivity contribution >= 4 is 39.3 Å². The summed E-state index contributed by atoms with van der Waals surface area (Å²) in [4.78, 5) is 17.4. The first kappa shape index (κ1) is 24.5. The van der Waals surface area contributed by atoms with Gasteiger partial charge in [0.15, 0.2) is 0 Å². The molecule has 7 heteroatoms. The van der Waals surface area contributed by atoms with Crippen LogP contribution in [0.15, 0.2) is 88.4 Å². The first-order valence-electron chi connectivity index (χ1n) is 10.8. The van der Waals surface area contributed by atoms with Crippen LogP contribution in [0.1, 0.15) is 11.1 Å². The summed E-state index contributed by atoms with van der Waals surface area (Å²) in [6.45, 7) is 2.03. The van der Waals surface area contributed by atoms with Gasteiger partial charge in [-0.25, -0.2) is 4.98 Å². The van der Waals surface area contributed by atoms with Crippen LogP contribution in [0.25, 0.3) is 22.4 Å². The smallest absolute Gasteiger partial charge is 0.234 e.